The first-order valence-electron chi connectivity index (χ1n) is 7.33. The third-order valence-electron chi connectivity index (χ3n) is 3.96. The van der Waals surface area contributed by atoms with Gasteiger partial charge in [-0.3, -0.25) is 0 Å². The van der Waals surface area contributed by atoms with Gasteiger partial charge < -0.3 is 4.74 Å². The highest BCUT2D eigenvalue weighted by molar-refractivity contribution is 4.91. The van der Waals surface area contributed by atoms with Gasteiger partial charge in [0.05, 0.1) is 18.1 Å². The maximum Gasteiger partial charge on any atom is 0.0733 e. The van der Waals surface area contributed by atoms with Crippen molar-refractivity contribution in [2.75, 3.05) is 6.61 Å². The third kappa shape index (κ3) is 5.08. The quantitative estimate of drug-likeness (QED) is 0.661. The number of rotatable bonds is 7. The van der Waals surface area contributed by atoms with Crippen LogP contribution in [0.3, 0.4) is 0 Å². The summed E-state index contributed by atoms with van der Waals surface area (Å²) in [6.45, 7) is 5.34. The van der Waals surface area contributed by atoms with Crippen molar-refractivity contribution in [1.29, 1.82) is 5.26 Å². The van der Waals surface area contributed by atoms with E-state index in [2.05, 4.69) is 19.9 Å². The molecule has 3 atom stereocenters. The van der Waals surface area contributed by atoms with E-state index in [9.17, 15) is 0 Å². The summed E-state index contributed by atoms with van der Waals surface area (Å²) in [7, 11) is 0. The van der Waals surface area contributed by atoms with Crippen molar-refractivity contribution in [2.24, 2.45) is 11.8 Å². The molecule has 0 aromatic carbocycles. The topological polar surface area (TPSA) is 33.0 Å². The minimum absolute atomic E-state index is 0.146. The Morgan fingerprint density at radius 3 is 2.71 bits per heavy atom. The van der Waals surface area contributed by atoms with E-state index in [1.165, 1.54) is 38.5 Å². The second-order valence-corrected chi connectivity index (χ2v) is 5.31. The van der Waals surface area contributed by atoms with E-state index in [0.717, 1.165) is 19.4 Å². The Morgan fingerprint density at radius 1 is 1.29 bits per heavy atom. The molecule has 1 aliphatic rings. The summed E-state index contributed by atoms with van der Waals surface area (Å²) in [6.07, 6.45) is 9.80. The maximum atomic E-state index is 9.10. The molecule has 2 nitrogen and oxygen atoms in total. The Balaban J connectivity index is 2.29. The van der Waals surface area contributed by atoms with Crippen LogP contribution in [0.2, 0.25) is 0 Å². The molecular formula is C15H27NO. The fraction of sp³-hybridized carbons (Fsp3) is 0.933. The van der Waals surface area contributed by atoms with Crippen LogP contribution in [0.4, 0.5) is 0 Å². The predicted molar refractivity (Wildman–Crippen MR) is 70.6 cm³/mol. The van der Waals surface area contributed by atoms with E-state index in [0.29, 0.717) is 5.92 Å². The number of ether oxygens (including phenoxy) is 1. The van der Waals surface area contributed by atoms with Crippen LogP contribution in [0.1, 0.15) is 65.2 Å². The zero-order chi connectivity index (χ0) is 12.5. The van der Waals surface area contributed by atoms with Gasteiger partial charge in [0.2, 0.25) is 0 Å². The molecule has 3 unspecified atom stereocenters. The molecule has 1 aliphatic carbocycles. The minimum Gasteiger partial charge on any atom is -0.377 e. The van der Waals surface area contributed by atoms with Crippen LogP contribution >= 0.6 is 0 Å². The van der Waals surface area contributed by atoms with Crippen LogP contribution in [0, 0.1) is 23.2 Å². The summed E-state index contributed by atoms with van der Waals surface area (Å²) in [4.78, 5) is 0. The van der Waals surface area contributed by atoms with Gasteiger partial charge in [-0.25, -0.2) is 0 Å². The highest BCUT2D eigenvalue weighted by Crippen LogP contribution is 2.27. The predicted octanol–water partition coefficient (Wildman–Crippen LogP) is 4.30. The van der Waals surface area contributed by atoms with Crippen molar-refractivity contribution in [2.45, 2.75) is 71.3 Å². The molecule has 0 amide bonds. The lowest BCUT2D eigenvalue weighted by Crippen LogP contribution is -2.28. The van der Waals surface area contributed by atoms with Gasteiger partial charge in [-0.1, -0.05) is 46.0 Å². The Kier molecular flexibility index (Phi) is 7.28. The highest BCUT2D eigenvalue weighted by atomic mass is 16.5. The van der Waals surface area contributed by atoms with Crippen LogP contribution in [0.5, 0.6) is 0 Å². The molecule has 0 saturated heterocycles. The second kappa shape index (κ2) is 8.53. The molecular weight excluding hydrogens is 210 g/mol. The van der Waals surface area contributed by atoms with Gasteiger partial charge >= 0.3 is 0 Å². The Bertz CT molecular complexity index is 234. The van der Waals surface area contributed by atoms with Gasteiger partial charge in [0, 0.05) is 6.61 Å². The number of hydrogen-bond acceptors (Lipinski definition) is 2. The molecule has 0 aromatic rings. The largest absolute Gasteiger partial charge is 0.377 e. The molecule has 0 bridgehead atoms. The zero-order valence-electron chi connectivity index (χ0n) is 11.5. The average molecular weight is 237 g/mol. The number of hydrogen-bond donors (Lipinski definition) is 0. The smallest absolute Gasteiger partial charge is 0.0733 e. The molecule has 0 aliphatic heterocycles. The van der Waals surface area contributed by atoms with E-state index in [-0.39, 0.29) is 12.0 Å². The lowest BCUT2D eigenvalue weighted by atomic mass is 9.87. The molecule has 0 heterocycles. The summed E-state index contributed by atoms with van der Waals surface area (Å²) in [5.41, 5.74) is 0. The number of unbranched alkanes of at least 4 members (excludes halogenated alkanes) is 1. The van der Waals surface area contributed by atoms with Crippen LogP contribution < -0.4 is 0 Å². The van der Waals surface area contributed by atoms with Crippen LogP contribution in [-0.2, 0) is 4.74 Å². The SMILES string of the molecule is CCCCC(CC)COC1CCCCC1C#N. The molecule has 1 fully saturated rings. The van der Waals surface area contributed by atoms with E-state index >= 15 is 0 Å². The Labute approximate surface area is 106 Å². The lowest BCUT2D eigenvalue weighted by molar-refractivity contribution is -0.0142. The monoisotopic (exact) mass is 237 g/mol. The molecule has 2 heteroatoms. The van der Waals surface area contributed by atoms with Gasteiger partial charge in [-0.05, 0) is 25.2 Å². The molecule has 17 heavy (non-hydrogen) atoms. The Morgan fingerprint density at radius 2 is 2.06 bits per heavy atom. The fourth-order valence-electron chi connectivity index (χ4n) is 2.60. The van der Waals surface area contributed by atoms with Crippen molar-refractivity contribution in [1.82, 2.24) is 0 Å². The summed E-state index contributed by atoms with van der Waals surface area (Å²) in [5.74, 6) is 0.837. The minimum atomic E-state index is 0.146. The van der Waals surface area contributed by atoms with Crippen LogP contribution in [0.25, 0.3) is 0 Å². The summed E-state index contributed by atoms with van der Waals surface area (Å²) in [6, 6.07) is 2.41. The average Bonchev–Trinajstić information content (AvgIpc) is 2.39. The van der Waals surface area contributed by atoms with E-state index in [1.54, 1.807) is 0 Å². The van der Waals surface area contributed by atoms with Crippen molar-refractivity contribution < 1.29 is 4.74 Å². The summed E-state index contributed by atoms with van der Waals surface area (Å²) < 4.78 is 6.01. The van der Waals surface area contributed by atoms with Crippen LogP contribution in [-0.4, -0.2) is 12.7 Å². The molecule has 0 radical (unpaired) electrons. The van der Waals surface area contributed by atoms with Crippen molar-refractivity contribution in [3.8, 4) is 6.07 Å². The molecule has 0 N–H and O–H groups in total. The molecule has 0 aromatic heterocycles. The van der Waals surface area contributed by atoms with E-state index < -0.39 is 0 Å². The Hall–Kier alpha value is -0.550. The first-order valence-corrected chi connectivity index (χ1v) is 7.33. The van der Waals surface area contributed by atoms with Gasteiger partial charge in [0.25, 0.3) is 0 Å². The van der Waals surface area contributed by atoms with Crippen molar-refractivity contribution >= 4 is 0 Å². The van der Waals surface area contributed by atoms with E-state index in [4.69, 9.17) is 10.00 Å². The second-order valence-electron chi connectivity index (χ2n) is 5.31. The van der Waals surface area contributed by atoms with Gasteiger partial charge in [0.15, 0.2) is 0 Å². The maximum absolute atomic E-state index is 9.10. The van der Waals surface area contributed by atoms with Gasteiger partial charge in [-0.15, -0.1) is 0 Å². The molecule has 1 saturated carbocycles. The summed E-state index contributed by atoms with van der Waals surface area (Å²) >= 11 is 0. The van der Waals surface area contributed by atoms with Crippen LogP contribution in [0.15, 0.2) is 0 Å². The van der Waals surface area contributed by atoms with Gasteiger partial charge in [0.1, 0.15) is 0 Å². The first kappa shape index (κ1) is 14.5. The third-order valence-corrected chi connectivity index (χ3v) is 3.96. The molecule has 0 spiro atoms. The zero-order valence-corrected chi connectivity index (χ0v) is 11.5. The fourth-order valence-corrected chi connectivity index (χ4v) is 2.60. The van der Waals surface area contributed by atoms with Crippen molar-refractivity contribution in [3.63, 3.8) is 0 Å². The molecule has 98 valence electrons. The van der Waals surface area contributed by atoms with E-state index in [1.807, 2.05) is 0 Å². The molecule has 1 rings (SSSR count). The van der Waals surface area contributed by atoms with Gasteiger partial charge in [-0.2, -0.15) is 5.26 Å². The first-order chi connectivity index (χ1) is 8.31. The number of nitriles is 1. The number of nitrogens with zero attached hydrogens (tertiary/aromatic N) is 1. The normalized spacial score (nSPS) is 26.4. The standard InChI is InChI=1S/C15H27NO/c1-3-5-8-13(4-2)12-17-15-10-7-6-9-14(15)11-16/h13-15H,3-10,12H2,1-2H3. The highest BCUT2D eigenvalue weighted by Gasteiger charge is 2.26. The summed E-state index contributed by atoms with van der Waals surface area (Å²) in [5, 5.41) is 9.10. The lowest BCUT2D eigenvalue weighted by Gasteiger charge is -2.28. The van der Waals surface area contributed by atoms with Crippen molar-refractivity contribution in [3.05, 3.63) is 0 Å².